The van der Waals surface area contributed by atoms with Crippen molar-refractivity contribution < 1.29 is 18.7 Å². The molecule has 5 rings (SSSR count). The Hall–Kier alpha value is -3.26. The van der Waals surface area contributed by atoms with Crippen LogP contribution in [-0.4, -0.2) is 29.9 Å². The number of hydrogen-bond acceptors (Lipinski definition) is 5. The number of benzene rings is 2. The van der Waals surface area contributed by atoms with E-state index < -0.39 is 11.7 Å². The predicted octanol–water partition coefficient (Wildman–Crippen LogP) is 3.88. The highest BCUT2D eigenvalue weighted by molar-refractivity contribution is 7.14. The highest BCUT2D eigenvalue weighted by Crippen LogP contribution is 2.33. The van der Waals surface area contributed by atoms with E-state index in [0.717, 1.165) is 29.0 Å². The topological polar surface area (TPSA) is 71.5 Å². The number of halogens is 1. The van der Waals surface area contributed by atoms with Gasteiger partial charge in [0, 0.05) is 30.3 Å². The number of hydrogen-bond donors (Lipinski definition) is 1. The zero-order valence-electron chi connectivity index (χ0n) is 15.9. The Morgan fingerprint density at radius 1 is 1.27 bits per heavy atom. The van der Waals surface area contributed by atoms with E-state index in [0.29, 0.717) is 11.7 Å². The molecule has 3 aromatic rings. The summed E-state index contributed by atoms with van der Waals surface area (Å²) >= 11 is 1.33. The molecule has 2 aliphatic rings. The van der Waals surface area contributed by atoms with E-state index in [1.54, 1.807) is 18.2 Å². The summed E-state index contributed by atoms with van der Waals surface area (Å²) in [5, 5.41) is 5.17. The maximum atomic E-state index is 14.0. The molecule has 30 heavy (non-hydrogen) atoms. The van der Waals surface area contributed by atoms with Crippen LogP contribution in [0.1, 0.15) is 12.0 Å². The van der Waals surface area contributed by atoms with Gasteiger partial charge in [0.2, 0.25) is 11.8 Å². The number of rotatable bonds is 4. The zero-order valence-corrected chi connectivity index (χ0v) is 16.7. The van der Waals surface area contributed by atoms with Crippen LogP contribution in [0.4, 0.5) is 15.2 Å². The first kappa shape index (κ1) is 18.7. The Kier molecular flexibility index (Phi) is 4.71. The van der Waals surface area contributed by atoms with Crippen LogP contribution in [0.2, 0.25) is 0 Å². The first-order valence-corrected chi connectivity index (χ1v) is 10.5. The average molecular weight is 423 g/mol. The van der Waals surface area contributed by atoms with Crippen LogP contribution >= 0.6 is 11.3 Å². The molecule has 0 unspecified atom stereocenters. The minimum atomic E-state index is -0.554. The van der Waals surface area contributed by atoms with Gasteiger partial charge in [-0.15, -0.1) is 11.3 Å². The summed E-state index contributed by atoms with van der Waals surface area (Å²) in [6.07, 6.45) is 0.925. The molecular weight excluding hydrogens is 405 g/mol. The standard InChI is InChI=1S/C22H18FN3O3S/c23-16-3-1-2-4-18(16)26-11-15(10-20(26)27)21(28)25-22-24-17(12-30-22)13-5-6-19-14(9-13)7-8-29-19/h1-6,9,12,15H,7-8,10-11H2,(H,24,25,28)/t15-/m0/s1. The van der Waals surface area contributed by atoms with Gasteiger partial charge in [-0.3, -0.25) is 9.59 Å². The summed E-state index contributed by atoms with van der Waals surface area (Å²) in [4.78, 5) is 30.9. The number of para-hydroxylation sites is 1. The van der Waals surface area contributed by atoms with Crippen molar-refractivity contribution >= 4 is 34.0 Å². The summed E-state index contributed by atoms with van der Waals surface area (Å²) in [6, 6.07) is 12.0. The number of carbonyl (C=O) groups excluding carboxylic acids is 2. The molecule has 152 valence electrons. The minimum absolute atomic E-state index is 0.0449. The van der Waals surface area contributed by atoms with Crippen LogP contribution in [0.25, 0.3) is 11.3 Å². The normalized spacial score (nSPS) is 17.7. The number of thiazole rings is 1. The molecule has 2 aromatic carbocycles. The zero-order chi connectivity index (χ0) is 20.7. The number of ether oxygens (including phenoxy) is 1. The summed E-state index contributed by atoms with van der Waals surface area (Å²) in [6.45, 7) is 0.843. The number of anilines is 2. The van der Waals surface area contributed by atoms with Crippen molar-refractivity contribution in [3.05, 3.63) is 59.2 Å². The molecule has 2 aliphatic heterocycles. The second-order valence-corrected chi connectivity index (χ2v) is 8.16. The number of fused-ring (bicyclic) bond motifs is 1. The van der Waals surface area contributed by atoms with E-state index in [1.807, 2.05) is 17.5 Å². The van der Waals surface area contributed by atoms with Gasteiger partial charge in [-0.1, -0.05) is 12.1 Å². The van der Waals surface area contributed by atoms with Crippen molar-refractivity contribution in [2.45, 2.75) is 12.8 Å². The molecule has 1 fully saturated rings. The fourth-order valence-electron chi connectivity index (χ4n) is 3.80. The van der Waals surface area contributed by atoms with Gasteiger partial charge in [0.1, 0.15) is 11.6 Å². The summed E-state index contributed by atoms with van der Waals surface area (Å²) in [7, 11) is 0. The first-order valence-electron chi connectivity index (χ1n) is 9.66. The van der Waals surface area contributed by atoms with Gasteiger partial charge >= 0.3 is 0 Å². The maximum absolute atomic E-state index is 14.0. The fraction of sp³-hybridized carbons (Fsp3) is 0.227. The molecule has 0 aliphatic carbocycles. The fourth-order valence-corrected chi connectivity index (χ4v) is 4.53. The van der Waals surface area contributed by atoms with Crippen LogP contribution in [0.5, 0.6) is 5.75 Å². The van der Waals surface area contributed by atoms with Gasteiger partial charge in [0.05, 0.1) is 23.9 Å². The molecule has 3 heterocycles. The Balaban J connectivity index is 1.27. The first-order chi connectivity index (χ1) is 14.6. The van der Waals surface area contributed by atoms with E-state index in [9.17, 15) is 14.0 Å². The van der Waals surface area contributed by atoms with Gasteiger partial charge < -0.3 is 15.0 Å². The van der Waals surface area contributed by atoms with Crippen molar-refractivity contribution in [3.8, 4) is 17.0 Å². The lowest BCUT2D eigenvalue weighted by atomic mass is 10.1. The smallest absolute Gasteiger partial charge is 0.231 e. The number of aromatic nitrogens is 1. The Labute approximate surface area is 176 Å². The van der Waals surface area contributed by atoms with E-state index >= 15 is 0 Å². The van der Waals surface area contributed by atoms with E-state index in [-0.39, 0.29) is 30.5 Å². The van der Waals surface area contributed by atoms with E-state index in [1.165, 1.54) is 22.3 Å². The number of carbonyl (C=O) groups is 2. The third-order valence-corrected chi connectivity index (χ3v) is 6.12. The van der Waals surface area contributed by atoms with Crippen LogP contribution in [0.3, 0.4) is 0 Å². The Bertz CT molecular complexity index is 1150. The van der Waals surface area contributed by atoms with Crippen LogP contribution in [-0.2, 0) is 16.0 Å². The minimum Gasteiger partial charge on any atom is -0.493 e. The molecule has 0 bridgehead atoms. The van der Waals surface area contributed by atoms with Crippen LogP contribution in [0, 0.1) is 11.7 Å². The largest absolute Gasteiger partial charge is 0.493 e. The third-order valence-electron chi connectivity index (χ3n) is 5.36. The number of amides is 2. The molecule has 1 atom stereocenters. The molecule has 8 heteroatoms. The predicted molar refractivity (Wildman–Crippen MR) is 112 cm³/mol. The highest BCUT2D eigenvalue weighted by atomic mass is 32.1. The molecule has 1 aromatic heterocycles. The number of nitrogens with one attached hydrogen (secondary N) is 1. The molecule has 2 amide bonds. The van der Waals surface area contributed by atoms with Crippen molar-refractivity contribution in [1.29, 1.82) is 0 Å². The monoisotopic (exact) mass is 423 g/mol. The van der Waals surface area contributed by atoms with E-state index in [2.05, 4.69) is 16.4 Å². The van der Waals surface area contributed by atoms with Crippen molar-refractivity contribution in [3.63, 3.8) is 0 Å². The maximum Gasteiger partial charge on any atom is 0.231 e. The van der Waals surface area contributed by atoms with Gasteiger partial charge in [-0.05, 0) is 35.9 Å². The second kappa shape index (κ2) is 7.53. The Morgan fingerprint density at radius 3 is 3.00 bits per heavy atom. The molecule has 0 radical (unpaired) electrons. The average Bonchev–Trinajstić information content (AvgIpc) is 3.47. The lowest BCUT2D eigenvalue weighted by molar-refractivity contribution is -0.122. The molecule has 0 spiro atoms. The molecule has 0 saturated carbocycles. The summed E-state index contributed by atoms with van der Waals surface area (Å²) < 4.78 is 19.6. The van der Waals surface area contributed by atoms with Gasteiger partial charge in [-0.25, -0.2) is 9.37 Å². The number of nitrogens with zero attached hydrogens (tertiary/aromatic N) is 2. The van der Waals surface area contributed by atoms with Gasteiger partial charge in [0.25, 0.3) is 0 Å². The van der Waals surface area contributed by atoms with Crippen molar-refractivity contribution in [1.82, 2.24) is 4.98 Å². The highest BCUT2D eigenvalue weighted by Gasteiger charge is 2.36. The molecule has 1 N–H and O–H groups in total. The molecule has 1 saturated heterocycles. The summed E-state index contributed by atoms with van der Waals surface area (Å²) in [5.74, 6) is -0.670. The van der Waals surface area contributed by atoms with Gasteiger partial charge in [0.15, 0.2) is 5.13 Å². The van der Waals surface area contributed by atoms with Gasteiger partial charge in [-0.2, -0.15) is 0 Å². The second-order valence-electron chi connectivity index (χ2n) is 7.30. The lowest BCUT2D eigenvalue weighted by Gasteiger charge is -2.17. The quantitative estimate of drug-likeness (QED) is 0.692. The van der Waals surface area contributed by atoms with Crippen molar-refractivity contribution in [2.24, 2.45) is 5.92 Å². The summed E-state index contributed by atoms with van der Waals surface area (Å²) in [5.41, 5.74) is 3.11. The molecular formula is C22H18FN3O3S. The van der Waals surface area contributed by atoms with Crippen LogP contribution in [0.15, 0.2) is 47.8 Å². The van der Waals surface area contributed by atoms with Crippen molar-refractivity contribution in [2.75, 3.05) is 23.4 Å². The Morgan fingerprint density at radius 2 is 2.13 bits per heavy atom. The lowest BCUT2D eigenvalue weighted by Crippen LogP contribution is -2.28. The van der Waals surface area contributed by atoms with E-state index in [4.69, 9.17) is 4.74 Å². The molecule has 6 nitrogen and oxygen atoms in total. The van der Waals surface area contributed by atoms with Crippen LogP contribution < -0.4 is 15.0 Å². The SMILES string of the molecule is O=C(Nc1nc(-c2ccc3c(c2)CCO3)cs1)[C@H]1CC(=O)N(c2ccccc2F)C1. The third kappa shape index (κ3) is 3.43.